The largest absolute Gasteiger partial charge is 0.478 e. The number of allylic oxidation sites excluding steroid dienone is 8. The van der Waals surface area contributed by atoms with E-state index in [0.29, 0.717) is 5.57 Å². The van der Waals surface area contributed by atoms with Gasteiger partial charge in [0.2, 0.25) is 0 Å². The van der Waals surface area contributed by atoms with Crippen molar-refractivity contribution in [1.29, 1.82) is 0 Å². The molecule has 0 fully saturated rings. The molecule has 0 aromatic heterocycles. The predicted molar refractivity (Wildman–Crippen MR) is 105 cm³/mol. The zero-order chi connectivity index (χ0) is 19.9. The summed E-state index contributed by atoms with van der Waals surface area (Å²) in [7, 11) is 0. The molecule has 0 amide bonds. The molecule has 0 heterocycles. The van der Waals surface area contributed by atoms with E-state index in [1.54, 1.807) is 13.0 Å². The van der Waals surface area contributed by atoms with Gasteiger partial charge in [-0.3, -0.25) is 4.79 Å². The van der Waals surface area contributed by atoms with Gasteiger partial charge in [-0.05, 0) is 44.8 Å². The first-order valence-corrected chi connectivity index (χ1v) is 8.85. The third-order valence-corrected chi connectivity index (χ3v) is 4.63. The smallest absolute Gasteiger partial charge is 0.328 e. The highest BCUT2D eigenvalue weighted by molar-refractivity contribution is 5.81. The Hall–Kier alpha value is -2.36. The van der Waals surface area contributed by atoms with Crippen LogP contribution in [0.5, 0.6) is 0 Å². The van der Waals surface area contributed by atoms with Gasteiger partial charge in [0.1, 0.15) is 6.10 Å². The van der Waals surface area contributed by atoms with Crippen LogP contribution in [-0.2, 0) is 14.3 Å². The van der Waals surface area contributed by atoms with Gasteiger partial charge in [-0.1, -0.05) is 55.4 Å². The summed E-state index contributed by atoms with van der Waals surface area (Å²) in [4.78, 5) is 22.0. The first-order chi connectivity index (χ1) is 12.0. The van der Waals surface area contributed by atoms with Crippen molar-refractivity contribution in [3.05, 3.63) is 58.7 Å². The van der Waals surface area contributed by atoms with Gasteiger partial charge in [0.05, 0.1) is 0 Å². The molecule has 1 unspecified atom stereocenters. The highest BCUT2D eigenvalue weighted by Gasteiger charge is 2.38. The lowest BCUT2D eigenvalue weighted by Crippen LogP contribution is -2.38. The molecule has 0 aliphatic heterocycles. The molecule has 0 bridgehead atoms. The summed E-state index contributed by atoms with van der Waals surface area (Å²) in [6, 6.07) is 0. The average Bonchev–Trinajstić information content (AvgIpc) is 2.48. The van der Waals surface area contributed by atoms with E-state index in [9.17, 15) is 9.59 Å². The fourth-order valence-corrected chi connectivity index (χ4v) is 3.20. The lowest BCUT2D eigenvalue weighted by atomic mass is 9.70. The highest BCUT2D eigenvalue weighted by atomic mass is 16.5. The zero-order valence-corrected chi connectivity index (χ0v) is 16.6. The Balaban J connectivity index is 2.93. The van der Waals surface area contributed by atoms with E-state index in [-0.39, 0.29) is 17.5 Å². The van der Waals surface area contributed by atoms with Crippen molar-refractivity contribution in [2.75, 3.05) is 0 Å². The van der Waals surface area contributed by atoms with Crippen LogP contribution < -0.4 is 0 Å². The van der Waals surface area contributed by atoms with Gasteiger partial charge < -0.3 is 9.84 Å². The standard InChI is InChI=1S/C22H30O4/c1-15(8-7-9-16(2)14-21(24)25)10-12-19-17(3)11-13-20(22(19,5)6)26-18(4)23/h7-10,12,14,20H,11,13H2,1-6H3,(H,24,25)/b9-7+,12-10+,15-8+,16-14+. The molecule has 0 aromatic rings. The molecule has 142 valence electrons. The third-order valence-electron chi connectivity index (χ3n) is 4.63. The summed E-state index contributed by atoms with van der Waals surface area (Å²) in [5, 5.41) is 8.70. The molecule has 0 saturated carbocycles. The average molecular weight is 358 g/mol. The Morgan fingerprint density at radius 3 is 2.38 bits per heavy atom. The van der Waals surface area contributed by atoms with Crippen LogP contribution >= 0.6 is 0 Å². The Labute approximate surface area is 156 Å². The van der Waals surface area contributed by atoms with Crippen LogP contribution in [0, 0.1) is 5.41 Å². The summed E-state index contributed by atoms with van der Waals surface area (Å²) in [6.07, 6.45) is 12.5. The van der Waals surface area contributed by atoms with E-state index in [0.717, 1.165) is 18.4 Å². The van der Waals surface area contributed by atoms with Gasteiger partial charge in [-0.2, -0.15) is 0 Å². The molecule has 1 aliphatic carbocycles. The quantitative estimate of drug-likeness (QED) is 0.405. The molecule has 0 radical (unpaired) electrons. The summed E-state index contributed by atoms with van der Waals surface area (Å²) in [5.41, 5.74) is 4.02. The molecular weight excluding hydrogens is 328 g/mol. The minimum atomic E-state index is -0.947. The Morgan fingerprint density at radius 2 is 1.81 bits per heavy atom. The van der Waals surface area contributed by atoms with E-state index >= 15 is 0 Å². The summed E-state index contributed by atoms with van der Waals surface area (Å²) >= 11 is 0. The molecule has 1 atom stereocenters. The predicted octanol–water partition coefficient (Wildman–Crippen LogP) is 5.14. The highest BCUT2D eigenvalue weighted by Crippen LogP contribution is 2.42. The van der Waals surface area contributed by atoms with Gasteiger partial charge in [0, 0.05) is 18.4 Å². The lowest BCUT2D eigenvalue weighted by molar-refractivity contribution is -0.152. The minimum absolute atomic E-state index is 0.115. The maximum absolute atomic E-state index is 11.4. The second-order valence-corrected chi connectivity index (χ2v) is 7.38. The lowest BCUT2D eigenvalue weighted by Gasteiger charge is -2.40. The van der Waals surface area contributed by atoms with Crippen LogP contribution in [0.4, 0.5) is 0 Å². The maximum Gasteiger partial charge on any atom is 0.328 e. The van der Waals surface area contributed by atoms with Crippen molar-refractivity contribution >= 4 is 11.9 Å². The van der Waals surface area contributed by atoms with E-state index in [1.165, 1.54) is 24.1 Å². The van der Waals surface area contributed by atoms with Crippen molar-refractivity contribution in [2.45, 2.75) is 60.5 Å². The van der Waals surface area contributed by atoms with Crippen LogP contribution in [0.15, 0.2) is 58.7 Å². The Bertz CT molecular complexity index is 700. The van der Waals surface area contributed by atoms with Crippen molar-refractivity contribution in [3.63, 3.8) is 0 Å². The molecule has 4 nitrogen and oxygen atoms in total. The van der Waals surface area contributed by atoms with Crippen LogP contribution in [0.25, 0.3) is 0 Å². The topological polar surface area (TPSA) is 63.6 Å². The van der Waals surface area contributed by atoms with Gasteiger partial charge >= 0.3 is 11.9 Å². The number of carboxylic acid groups (broad SMARTS) is 1. The number of hydrogen-bond donors (Lipinski definition) is 1. The van der Waals surface area contributed by atoms with Crippen LogP contribution in [0.1, 0.15) is 54.4 Å². The number of rotatable bonds is 6. The minimum Gasteiger partial charge on any atom is -0.478 e. The second-order valence-electron chi connectivity index (χ2n) is 7.38. The number of carbonyl (C=O) groups is 2. The maximum atomic E-state index is 11.4. The SMILES string of the molecule is CC(=O)OC1CCC(C)=C(/C=C/C(C)=C/C=C/C(C)=C/C(=O)O)C1(C)C. The first kappa shape index (κ1) is 21.7. The normalized spacial score (nSPS) is 21.5. The fourth-order valence-electron chi connectivity index (χ4n) is 3.20. The number of esters is 1. The molecule has 26 heavy (non-hydrogen) atoms. The Kier molecular flexibility index (Phi) is 7.81. The van der Waals surface area contributed by atoms with Crippen molar-refractivity contribution in [2.24, 2.45) is 5.41 Å². The first-order valence-electron chi connectivity index (χ1n) is 8.85. The zero-order valence-electron chi connectivity index (χ0n) is 16.6. The monoisotopic (exact) mass is 358 g/mol. The summed E-state index contributed by atoms with van der Waals surface area (Å²) in [6.45, 7) is 11.6. The number of carbonyl (C=O) groups excluding carboxylic acids is 1. The third kappa shape index (κ3) is 6.51. The van der Waals surface area contributed by atoms with Crippen molar-refractivity contribution in [1.82, 2.24) is 0 Å². The summed E-state index contributed by atoms with van der Waals surface area (Å²) in [5.74, 6) is -1.19. The molecule has 0 aromatic carbocycles. The second kappa shape index (κ2) is 9.37. The van der Waals surface area contributed by atoms with Crippen molar-refractivity contribution < 1.29 is 19.4 Å². The molecule has 4 heteroatoms. The van der Waals surface area contributed by atoms with Gasteiger partial charge in [-0.15, -0.1) is 0 Å². The van der Waals surface area contributed by atoms with Crippen molar-refractivity contribution in [3.8, 4) is 0 Å². The van der Waals surface area contributed by atoms with E-state index in [4.69, 9.17) is 9.84 Å². The number of aliphatic carboxylic acids is 1. The molecule has 1 N–H and O–H groups in total. The Morgan fingerprint density at radius 1 is 1.15 bits per heavy atom. The fraction of sp³-hybridized carbons (Fsp3) is 0.455. The number of hydrogen-bond acceptors (Lipinski definition) is 3. The number of ether oxygens (including phenoxy) is 1. The van der Waals surface area contributed by atoms with Crippen LogP contribution in [-0.4, -0.2) is 23.1 Å². The van der Waals surface area contributed by atoms with Crippen LogP contribution in [0.3, 0.4) is 0 Å². The molecule has 1 aliphatic rings. The molecule has 0 saturated heterocycles. The molecular formula is C22H30O4. The van der Waals surface area contributed by atoms with Gasteiger partial charge in [0.15, 0.2) is 0 Å². The van der Waals surface area contributed by atoms with E-state index in [1.807, 2.05) is 25.2 Å². The van der Waals surface area contributed by atoms with Gasteiger partial charge in [0.25, 0.3) is 0 Å². The van der Waals surface area contributed by atoms with E-state index in [2.05, 4.69) is 26.8 Å². The van der Waals surface area contributed by atoms with Gasteiger partial charge in [-0.25, -0.2) is 4.79 Å². The summed E-state index contributed by atoms with van der Waals surface area (Å²) < 4.78 is 5.53. The molecule has 0 spiro atoms. The van der Waals surface area contributed by atoms with E-state index < -0.39 is 5.97 Å². The molecule has 1 rings (SSSR count). The van der Waals surface area contributed by atoms with Crippen LogP contribution in [0.2, 0.25) is 0 Å². The number of carboxylic acids is 1.